The fourth-order valence-electron chi connectivity index (χ4n) is 9.22. The van der Waals surface area contributed by atoms with Gasteiger partial charge >= 0.3 is 0 Å². The van der Waals surface area contributed by atoms with Crippen LogP contribution in [-0.4, -0.2) is 15.0 Å². The van der Waals surface area contributed by atoms with Crippen LogP contribution in [0.5, 0.6) is 0 Å². The zero-order valence-electron chi connectivity index (χ0n) is 32.1. The van der Waals surface area contributed by atoms with Crippen molar-refractivity contribution < 1.29 is 4.42 Å². The molecule has 0 N–H and O–H groups in total. The van der Waals surface area contributed by atoms with E-state index in [-0.39, 0.29) is 0 Å². The Bertz CT molecular complexity index is 3500. The lowest BCUT2D eigenvalue weighted by Gasteiger charge is -2.18. The summed E-state index contributed by atoms with van der Waals surface area (Å²) in [6.07, 6.45) is 6.61. The number of hydrogen-bond donors (Lipinski definition) is 0. The molecule has 1 aliphatic rings. The summed E-state index contributed by atoms with van der Waals surface area (Å²) in [6, 6.07) is 62.3. The molecule has 0 saturated carbocycles. The van der Waals surface area contributed by atoms with E-state index in [1.54, 1.807) is 0 Å². The van der Waals surface area contributed by atoms with E-state index in [2.05, 4.69) is 170 Å². The van der Waals surface area contributed by atoms with Crippen LogP contribution in [0.2, 0.25) is 0 Å². The third-order valence-corrected chi connectivity index (χ3v) is 12.0. The summed E-state index contributed by atoms with van der Waals surface area (Å²) in [7, 11) is 0. The first-order valence-electron chi connectivity index (χ1n) is 20.2. The van der Waals surface area contributed by atoms with Crippen LogP contribution in [0.15, 0.2) is 186 Å². The molecule has 4 nitrogen and oxygen atoms in total. The van der Waals surface area contributed by atoms with Crippen molar-refractivity contribution in [1.82, 2.24) is 15.0 Å². The Balaban J connectivity index is 1.05. The summed E-state index contributed by atoms with van der Waals surface area (Å²) >= 11 is 0. The zero-order chi connectivity index (χ0) is 38.9. The van der Waals surface area contributed by atoms with Crippen LogP contribution in [0.25, 0.3) is 117 Å². The summed E-state index contributed by atoms with van der Waals surface area (Å²) in [6.45, 7) is 0. The van der Waals surface area contributed by atoms with Gasteiger partial charge in [0.2, 0.25) is 0 Å². The molecule has 0 amide bonds. The van der Waals surface area contributed by atoms with Gasteiger partial charge in [-0.2, -0.15) is 0 Å². The molecular weight excluding hydrogens is 719 g/mol. The molecule has 0 radical (unpaired) electrons. The number of hydrogen-bond acceptors (Lipinski definition) is 4. The molecule has 0 saturated heterocycles. The number of nitrogens with zero attached hydrogens (tertiary/aromatic N) is 3. The minimum absolute atomic E-state index is 0.566. The Morgan fingerprint density at radius 3 is 1.81 bits per heavy atom. The maximum absolute atomic E-state index is 6.53. The van der Waals surface area contributed by atoms with Gasteiger partial charge in [-0.25, -0.2) is 15.0 Å². The summed E-state index contributed by atoms with van der Waals surface area (Å²) in [4.78, 5) is 15.8. The molecule has 0 aliphatic heterocycles. The molecule has 0 spiro atoms. The van der Waals surface area contributed by atoms with Crippen LogP contribution in [0, 0.1) is 0 Å². The highest BCUT2D eigenvalue weighted by Crippen LogP contribution is 2.41. The summed E-state index contributed by atoms with van der Waals surface area (Å²) < 4.78 is 6.53. The first-order chi connectivity index (χ1) is 29.2. The number of para-hydroxylation sites is 2. The largest absolute Gasteiger partial charge is 0.455 e. The third kappa shape index (κ3) is 5.49. The quantitative estimate of drug-likeness (QED) is 0.164. The molecule has 2 aromatic heterocycles. The Morgan fingerprint density at radius 1 is 0.390 bits per heavy atom. The highest BCUT2D eigenvalue weighted by molar-refractivity contribution is 6.14. The number of allylic oxidation sites excluding steroid dienone is 1. The lowest BCUT2D eigenvalue weighted by atomic mass is 9.87. The molecule has 0 atom stereocenters. The summed E-state index contributed by atoms with van der Waals surface area (Å²) in [5.74, 6) is 1.78. The van der Waals surface area contributed by atoms with Gasteiger partial charge in [-0.15, -0.1) is 0 Å². The van der Waals surface area contributed by atoms with Crippen molar-refractivity contribution in [1.29, 1.82) is 0 Å². The molecule has 4 heteroatoms. The van der Waals surface area contributed by atoms with E-state index in [1.165, 1.54) is 54.7 Å². The Labute approximate surface area is 340 Å². The van der Waals surface area contributed by atoms with Crippen molar-refractivity contribution in [2.75, 3.05) is 0 Å². The first-order valence-corrected chi connectivity index (χ1v) is 20.2. The van der Waals surface area contributed by atoms with Gasteiger partial charge in [-0.3, -0.25) is 0 Å². The van der Waals surface area contributed by atoms with Gasteiger partial charge in [0, 0.05) is 21.9 Å². The molecule has 0 bridgehead atoms. The lowest BCUT2D eigenvalue weighted by Crippen LogP contribution is -2.01. The molecule has 12 rings (SSSR count). The zero-order valence-corrected chi connectivity index (χ0v) is 32.1. The van der Waals surface area contributed by atoms with Gasteiger partial charge in [0.1, 0.15) is 11.2 Å². The number of fused-ring (bicyclic) bond motifs is 8. The SMILES string of the molecule is C1=Cc2cccc(-c3ccc(-c4nc(-c5ccc(-c6cc7ccccc7c7ccccc67)cc5)nc(-c5cccc6c5oc5ccccc56)n4)c4ccccc34)c2CC1. The molecule has 11 aromatic rings. The van der Waals surface area contributed by atoms with E-state index in [1.807, 2.05) is 18.2 Å². The van der Waals surface area contributed by atoms with Crippen LogP contribution in [0.1, 0.15) is 17.5 Å². The van der Waals surface area contributed by atoms with Crippen molar-refractivity contribution in [3.8, 4) is 56.4 Å². The fourth-order valence-corrected chi connectivity index (χ4v) is 9.22. The van der Waals surface area contributed by atoms with Gasteiger partial charge in [-0.1, -0.05) is 164 Å². The number of rotatable bonds is 5. The number of furan rings is 1. The minimum atomic E-state index is 0.566. The third-order valence-electron chi connectivity index (χ3n) is 12.0. The van der Waals surface area contributed by atoms with E-state index < -0.39 is 0 Å². The second kappa shape index (κ2) is 13.5. The summed E-state index contributed by atoms with van der Waals surface area (Å²) in [5.41, 5.74) is 11.8. The first kappa shape index (κ1) is 33.4. The standard InChI is InChI=1S/C55H35N3O/c1-3-16-38-34(13-1)15-11-23-41(38)45-31-32-48(43-20-7-6-19-42(43)45)54-56-53(57-55(58-54)49-25-12-24-47-46-22-9-10-26-51(46)59-52(47)49)36-29-27-35(28-30-36)50-33-37-14-2-4-17-39(37)40-18-5-8-21-44(40)50/h1-2,4-15,17-33H,3,16H2. The Kier molecular flexibility index (Phi) is 7.63. The van der Waals surface area contributed by atoms with Crippen molar-refractivity contribution >= 4 is 60.3 Å². The van der Waals surface area contributed by atoms with Crippen LogP contribution >= 0.6 is 0 Å². The maximum Gasteiger partial charge on any atom is 0.167 e. The van der Waals surface area contributed by atoms with Crippen molar-refractivity contribution in [3.63, 3.8) is 0 Å². The topological polar surface area (TPSA) is 51.8 Å². The number of aromatic nitrogens is 3. The molecular formula is C55H35N3O. The van der Waals surface area contributed by atoms with Gasteiger partial charge in [0.15, 0.2) is 17.5 Å². The second-order valence-electron chi connectivity index (χ2n) is 15.4. The monoisotopic (exact) mass is 753 g/mol. The number of benzene rings is 9. The summed E-state index contributed by atoms with van der Waals surface area (Å²) in [5, 5.41) is 9.32. The fraction of sp³-hybridized carbons (Fsp3) is 0.0364. The molecule has 276 valence electrons. The predicted molar refractivity (Wildman–Crippen MR) is 244 cm³/mol. The van der Waals surface area contributed by atoms with Crippen LogP contribution < -0.4 is 0 Å². The molecule has 1 aliphatic carbocycles. The van der Waals surface area contributed by atoms with Crippen molar-refractivity contribution in [2.45, 2.75) is 12.8 Å². The van der Waals surface area contributed by atoms with E-state index in [4.69, 9.17) is 19.4 Å². The average molecular weight is 754 g/mol. The van der Waals surface area contributed by atoms with Crippen LogP contribution in [-0.2, 0) is 6.42 Å². The van der Waals surface area contributed by atoms with Crippen LogP contribution in [0.3, 0.4) is 0 Å². The highest BCUT2D eigenvalue weighted by atomic mass is 16.3. The van der Waals surface area contributed by atoms with Gasteiger partial charge in [-0.05, 0) is 103 Å². The minimum Gasteiger partial charge on any atom is -0.455 e. The van der Waals surface area contributed by atoms with E-state index in [0.717, 1.165) is 62.4 Å². The Morgan fingerprint density at radius 2 is 0.983 bits per heavy atom. The van der Waals surface area contributed by atoms with Crippen molar-refractivity contribution in [3.05, 3.63) is 193 Å². The normalized spacial score (nSPS) is 12.5. The maximum atomic E-state index is 6.53. The average Bonchev–Trinajstić information content (AvgIpc) is 3.70. The van der Waals surface area contributed by atoms with Gasteiger partial charge in [0.25, 0.3) is 0 Å². The second-order valence-corrected chi connectivity index (χ2v) is 15.4. The predicted octanol–water partition coefficient (Wildman–Crippen LogP) is 14.5. The highest BCUT2D eigenvalue weighted by Gasteiger charge is 2.21. The van der Waals surface area contributed by atoms with E-state index in [9.17, 15) is 0 Å². The van der Waals surface area contributed by atoms with Crippen molar-refractivity contribution in [2.24, 2.45) is 0 Å². The van der Waals surface area contributed by atoms with Gasteiger partial charge < -0.3 is 4.42 Å². The lowest BCUT2D eigenvalue weighted by molar-refractivity contribution is 0.669. The molecule has 0 fully saturated rings. The molecule has 2 heterocycles. The molecule has 59 heavy (non-hydrogen) atoms. The molecule has 0 unspecified atom stereocenters. The smallest absolute Gasteiger partial charge is 0.167 e. The Hall–Kier alpha value is -7.69. The van der Waals surface area contributed by atoms with Crippen LogP contribution in [0.4, 0.5) is 0 Å². The van der Waals surface area contributed by atoms with E-state index >= 15 is 0 Å². The molecule has 9 aromatic carbocycles. The van der Waals surface area contributed by atoms with Gasteiger partial charge in [0.05, 0.1) is 5.56 Å². The van der Waals surface area contributed by atoms with E-state index in [0.29, 0.717) is 17.5 Å².